The molecule has 0 unspecified atom stereocenters. The maximum absolute atomic E-state index is 13.8. The zero-order chi connectivity index (χ0) is 16.4. The average Bonchev–Trinajstić information content (AvgIpc) is 2.34. The van der Waals surface area contributed by atoms with Gasteiger partial charge in [0.2, 0.25) is 10.0 Å². The van der Waals surface area contributed by atoms with Crippen LogP contribution in [0.4, 0.5) is 4.39 Å². The van der Waals surface area contributed by atoms with Crippen molar-refractivity contribution in [3.05, 3.63) is 28.5 Å². The number of carbonyl (C=O) groups excluding carboxylic acids is 1. The van der Waals surface area contributed by atoms with Gasteiger partial charge in [-0.05, 0) is 24.0 Å². The van der Waals surface area contributed by atoms with Gasteiger partial charge in [0.25, 0.3) is 5.91 Å². The van der Waals surface area contributed by atoms with Crippen molar-refractivity contribution >= 4 is 27.5 Å². The highest BCUT2D eigenvalue weighted by molar-refractivity contribution is 7.89. The molecule has 0 aliphatic carbocycles. The first-order chi connectivity index (χ1) is 9.48. The monoisotopic (exact) mass is 336 g/mol. The fourth-order valence-electron chi connectivity index (χ4n) is 1.46. The van der Waals surface area contributed by atoms with Crippen molar-refractivity contribution in [3.8, 4) is 0 Å². The summed E-state index contributed by atoms with van der Waals surface area (Å²) in [6.45, 7) is 6.19. The quantitative estimate of drug-likeness (QED) is 0.864. The number of sulfonamides is 1. The highest BCUT2D eigenvalue weighted by Crippen LogP contribution is 2.24. The molecule has 0 saturated carbocycles. The first kappa shape index (κ1) is 17.9. The molecule has 0 radical (unpaired) electrons. The van der Waals surface area contributed by atoms with E-state index in [0.29, 0.717) is 6.54 Å². The second-order valence-electron chi connectivity index (χ2n) is 5.51. The van der Waals surface area contributed by atoms with E-state index >= 15 is 0 Å². The van der Waals surface area contributed by atoms with Gasteiger partial charge in [0.1, 0.15) is 10.7 Å². The topological polar surface area (TPSA) is 89.3 Å². The minimum atomic E-state index is -4.13. The van der Waals surface area contributed by atoms with Crippen molar-refractivity contribution in [1.29, 1.82) is 0 Å². The lowest BCUT2D eigenvalue weighted by Gasteiger charge is -2.23. The SMILES string of the molecule is CCC(C)(C)CNC(=O)c1cc(S(N)(=O)=O)c(Cl)cc1F. The summed E-state index contributed by atoms with van der Waals surface area (Å²) >= 11 is 5.63. The van der Waals surface area contributed by atoms with Crippen LogP contribution in [-0.2, 0) is 10.0 Å². The molecular weight excluding hydrogens is 319 g/mol. The van der Waals surface area contributed by atoms with E-state index in [-0.39, 0.29) is 10.4 Å². The van der Waals surface area contributed by atoms with Gasteiger partial charge in [-0.2, -0.15) is 0 Å². The fourth-order valence-corrected chi connectivity index (χ4v) is 2.55. The van der Waals surface area contributed by atoms with Crippen molar-refractivity contribution in [1.82, 2.24) is 5.32 Å². The molecule has 0 atom stereocenters. The van der Waals surface area contributed by atoms with Crippen molar-refractivity contribution < 1.29 is 17.6 Å². The molecule has 0 aliphatic heterocycles. The lowest BCUT2D eigenvalue weighted by atomic mass is 9.90. The van der Waals surface area contributed by atoms with Gasteiger partial charge in [-0.15, -0.1) is 0 Å². The summed E-state index contributed by atoms with van der Waals surface area (Å²) in [7, 11) is -4.13. The third-order valence-corrected chi connectivity index (χ3v) is 4.63. The maximum atomic E-state index is 13.8. The fraction of sp³-hybridized carbons (Fsp3) is 0.462. The van der Waals surface area contributed by atoms with Crippen molar-refractivity contribution in [2.75, 3.05) is 6.54 Å². The molecule has 0 spiro atoms. The molecule has 0 saturated heterocycles. The normalized spacial score (nSPS) is 12.3. The van der Waals surface area contributed by atoms with E-state index in [2.05, 4.69) is 5.32 Å². The minimum absolute atomic E-state index is 0.151. The number of primary sulfonamides is 1. The van der Waals surface area contributed by atoms with Crippen LogP contribution in [0, 0.1) is 11.2 Å². The molecule has 1 rings (SSSR count). The lowest BCUT2D eigenvalue weighted by molar-refractivity contribution is 0.0931. The predicted octanol–water partition coefficient (Wildman–Crippen LogP) is 2.29. The summed E-state index contributed by atoms with van der Waals surface area (Å²) in [5, 5.41) is 7.19. The molecule has 0 fully saturated rings. The van der Waals surface area contributed by atoms with Gasteiger partial charge in [0.05, 0.1) is 10.6 Å². The molecule has 0 aliphatic rings. The highest BCUT2D eigenvalue weighted by atomic mass is 35.5. The van der Waals surface area contributed by atoms with E-state index in [1.54, 1.807) is 0 Å². The first-order valence-electron chi connectivity index (χ1n) is 6.28. The van der Waals surface area contributed by atoms with E-state index in [9.17, 15) is 17.6 Å². The van der Waals surface area contributed by atoms with Crippen LogP contribution in [0.3, 0.4) is 0 Å². The van der Waals surface area contributed by atoms with Crippen LogP contribution in [0.15, 0.2) is 17.0 Å². The van der Waals surface area contributed by atoms with E-state index < -0.39 is 32.2 Å². The molecule has 0 aromatic heterocycles. The third kappa shape index (κ3) is 4.66. The van der Waals surface area contributed by atoms with E-state index in [0.717, 1.165) is 18.6 Å². The Morgan fingerprint density at radius 2 is 2.00 bits per heavy atom. The minimum Gasteiger partial charge on any atom is -0.351 e. The second kappa shape index (κ2) is 6.29. The molecular formula is C13H18ClFN2O3S. The molecule has 0 heterocycles. The molecule has 8 heteroatoms. The summed E-state index contributed by atoms with van der Waals surface area (Å²) in [6.07, 6.45) is 0.818. The van der Waals surface area contributed by atoms with Gasteiger partial charge >= 0.3 is 0 Å². The first-order valence-corrected chi connectivity index (χ1v) is 8.20. The largest absolute Gasteiger partial charge is 0.351 e. The summed E-state index contributed by atoms with van der Waals surface area (Å²) in [6, 6.07) is 1.61. The number of rotatable bonds is 5. The number of nitrogens with two attached hydrogens (primary N) is 1. The van der Waals surface area contributed by atoms with E-state index in [1.165, 1.54) is 0 Å². The van der Waals surface area contributed by atoms with Crippen molar-refractivity contribution in [2.45, 2.75) is 32.1 Å². The van der Waals surface area contributed by atoms with Crippen LogP contribution >= 0.6 is 11.6 Å². The van der Waals surface area contributed by atoms with Gasteiger partial charge in [0, 0.05) is 6.54 Å². The van der Waals surface area contributed by atoms with Crippen molar-refractivity contribution in [2.24, 2.45) is 10.6 Å². The zero-order valence-corrected chi connectivity index (χ0v) is 13.6. The number of amides is 1. The number of nitrogens with one attached hydrogen (secondary N) is 1. The van der Waals surface area contributed by atoms with Crippen LogP contribution in [-0.4, -0.2) is 20.9 Å². The van der Waals surface area contributed by atoms with Crippen LogP contribution < -0.4 is 10.5 Å². The maximum Gasteiger partial charge on any atom is 0.254 e. The molecule has 0 bridgehead atoms. The van der Waals surface area contributed by atoms with Gasteiger partial charge in [-0.1, -0.05) is 32.4 Å². The van der Waals surface area contributed by atoms with Crippen LogP contribution in [0.1, 0.15) is 37.6 Å². The van der Waals surface area contributed by atoms with Gasteiger partial charge in [-0.3, -0.25) is 4.79 Å². The molecule has 118 valence electrons. The second-order valence-corrected chi connectivity index (χ2v) is 7.44. The summed E-state index contributed by atoms with van der Waals surface area (Å²) in [4.78, 5) is 11.5. The molecule has 3 N–H and O–H groups in total. The molecule has 1 aromatic carbocycles. The van der Waals surface area contributed by atoms with E-state index in [4.69, 9.17) is 16.7 Å². The van der Waals surface area contributed by atoms with Crippen LogP contribution in [0.5, 0.6) is 0 Å². The zero-order valence-electron chi connectivity index (χ0n) is 12.0. The molecule has 5 nitrogen and oxygen atoms in total. The average molecular weight is 337 g/mol. The Labute approximate surface area is 128 Å². The van der Waals surface area contributed by atoms with Gasteiger partial charge in [0.15, 0.2) is 0 Å². The van der Waals surface area contributed by atoms with E-state index in [1.807, 2.05) is 20.8 Å². The summed E-state index contributed by atoms with van der Waals surface area (Å²) in [5.41, 5.74) is -0.559. The Balaban J connectivity index is 3.11. The third-order valence-electron chi connectivity index (χ3n) is 3.26. The number of hydrogen-bond acceptors (Lipinski definition) is 3. The Bertz CT molecular complexity index is 660. The molecule has 1 amide bonds. The van der Waals surface area contributed by atoms with Crippen LogP contribution in [0.25, 0.3) is 0 Å². The Kier molecular flexibility index (Phi) is 5.35. The number of benzene rings is 1. The summed E-state index contributed by atoms with van der Waals surface area (Å²) in [5.74, 6) is -1.62. The number of hydrogen-bond donors (Lipinski definition) is 2. The molecule has 21 heavy (non-hydrogen) atoms. The predicted molar refractivity (Wildman–Crippen MR) is 79.2 cm³/mol. The smallest absolute Gasteiger partial charge is 0.254 e. The van der Waals surface area contributed by atoms with Crippen molar-refractivity contribution in [3.63, 3.8) is 0 Å². The molecule has 1 aromatic rings. The Morgan fingerprint density at radius 1 is 1.43 bits per heavy atom. The lowest BCUT2D eigenvalue weighted by Crippen LogP contribution is -2.34. The number of carbonyl (C=O) groups is 1. The Hall–Kier alpha value is -1.18. The van der Waals surface area contributed by atoms with Gasteiger partial charge < -0.3 is 5.32 Å². The standard InChI is InChI=1S/C13H18ClFN2O3S/c1-4-13(2,3)7-17-12(18)8-5-11(21(16,19)20)9(14)6-10(8)15/h5-6H,4,7H2,1-3H3,(H,17,18)(H2,16,19,20). The van der Waals surface area contributed by atoms with Crippen LogP contribution in [0.2, 0.25) is 5.02 Å². The Morgan fingerprint density at radius 3 is 2.48 bits per heavy atom. The summed E-state index contributed by atoms with van der Waals surface area (Å²) < 4.78 is 36.5. The highest BCUT2D eigenvalue weighted by Gasteiger charge is 2.22. The number of halogens is 2. The van der Waals surface area contributed by atoms with Gasteiger partial charge in [-0.25, -0.2) is 17.9 Å².